The predicted molar refractivity (Wildman–Crippen MR) is 96.3 cm³/mol. The maximum absolute atomic E-state index is 12.5. The fourth-order valence-corrected chi connectivity index (χ4v) is 2.91. The zero-order valence-electron chi connectivity index (χ0n) is 13.6. The molecule has 5 nitrogen and oxygen atoms in total. The molecule has 2 aromatic rings. The van der Waals surface area contributed by atoms with Gasteiger partial charge in [0.05, 0.1) is 18.0 Å². The second-order valence-corrected chi connectivity index (χ2v) is 6.13. The Hall–Kier alpha value is -2.53. The molecular weight excluding hydrogens is 302 g/mol. The van der Waals surface area contributed by atoms with Crippen molar-refractivity contribution in [1.82, 2.24) is 5.32 Å². The Morgan fingerprint density at radius 2 is 1.83 bits per heavy atom. The molecule has 0 amide bonds. The highest BCUT2D eigenvalue weighted by atomic mass is 16.5. The molecule has 0 radical (unpaired) electrons. The first-order valence-electron chi connectivity index (χ1n) is 8.29. The van der Waals surface area contributed by atoms with Crippen LogP contribution in [0, 0.1) is 0 Å². The molecule has 1 atom stereocenters. The molecule has 126 valence electrons. The van der Waals surface area contributed by atoms with Gasteiger partial charge in [-0.3, -0.25) is 4.79 Å². The Bertz CT molecular complexity index is 707. The summed E-state index contributed by atoms with van der Waals surface area (Å²) in [5.74, 6) is 0.699. The van der Waals surface area contributed by atoms with E-state index in [0.29, 0.717) is 35.2 Å². The van der Waals surface area contributed by atoms with Crippen LogP contribution in [-0.2, 0) is 0 Å². The summed E-state index contributed by atoms with van der Waals surface area (Å²) in [5.41, 5.74) is 13.5. The lowest BCUT2D eigenvalue weighted by atomic mass is 10.0. The number of ketones is 1. The van der Waals surface area contributed by atoms with Crippen LogP contribution in [0.2, 0.25) is 0 Å². The van der Waals surface area contributed by atoms with Gasteiger partial charge in [-0.05, 0) is 68.3 Å². The van der Waals surface area contributed by atoms with Crippen molar-refractivity contribution in [2.75, 3.05) is 24.6 Å². The number of anilines is 2. The molecule has 1 aliphatic rings. The summed E-state index contributed by atoms with van der Waals surface area (Å²) >= 11 is 0. The molecule has 0 aromatic heterocycles. The predicted octanol–water partition coefficient (Wildman–Crippen LogP) is 2.60. The number of benzene rings is 2. The zero-order chi connectivity index (χ0) is 16.9. The van der Waals surface area contributed by atoms with Gasteiger partial charge in [-0.1, -0.05) is 0 Å². The van der Waals surface area contributed by atoms with Gasteiger partial charge in [0.1, 0.15) is 5.75 Å². The minimum atomic E-state index is -0.0802. The minimum absolute atomic E-state index is 0.0802. The van der Waals surface area contributed by atoms with Crippen LogP contribution in [-0.4, -0.2) is 25.0 Å². The van der Waals surface area contributed by atoms with Gasteiger partial charge in [0, 0.05) is 17.2 Å². The van der Waals surface area contributed by atoms with Gasteiger partial charge in [0.25, 0.3) is 0 Å². The molecule has 3 rings (SSSR count). The third kappa shape index (κ3) is 3.86. The summed E-state index contributed by atoms with van der Waals surface area (Å²) in [6.07, 6.45) is 3.48. The largest absolute Gasteiger partial charge is 0.494 e. The fourth-order valence-electron chi connectivity index (χ4n) is 2.91. The number of carbonyl (C=O) groups excluding carboxylic acids is 1. The van der Waals surface area contributed by atoms with Crippen LogP contribution in [0.25, 0.3) is 0 Å². The van der Waals surface area contributed by atoms with Crippen LogP contribution in [0.3, 0.4) is 0 Å². The quantitative estimate of drug-likeness (QED) is 0.561. The van der Waals surface area contributed by atoms with Crippen molar-refractivity contribution in [1.29, 1.82) is 0 Å². The van der Waals surface area contributed by atoms with E-state index in [2.05, 4.69) is 5.32 Å². The van der Waals surface area contributed by atoms with E-state index in [9.17, 15) is 4.79 Å². The lowest BCUT2D eigenvalue weighted by Crippen LogP contribution is -2.23. The smallest absolute Gasteiger partial charge is 0.193 e. The van der Waals surface area contributed by atoms with Crippen LogP contribution in [0.5, 0.6) is 5.75 Å². The summed E-state index contributed by atoms with van der Waals surface area (Å²) in [4.78, 5) is 12.5. The first-order chi connectivity index (χ1) is 11.6. The van der Waals surface area contributed by atoms with Gasteiger partial charge >= 0.3 is 0 Å². The van der Waals surface area contributed by atoms with Crippen LogP contribution in [0.1, 0.15) is 35.2 Å². The lowest BCUT2D eigenvalue weighted by Gasteiger charge is -2.11. The van der Waals surface area contributed by atoms with Gasteiger partial charge < -0.3 is 21.5 Å². The molecule has 1 heterocycles. The summed E-state index contributed by atoms with van der Waals surface area (Å²) < 4.78 is 5.76. The molecule has 0 bridgehead atoms. The third-order valence-electron chi connectivity index (χ3n) is 4.36. The number of hydrogen-bond acceptors (Lipinski definition) is 5. The maximum atomic E-state index is 12.5. The van der Waals surface area contributed by atoms with E-state index in [1.54, 1.807) is 30.3 Å². The number of carbonyl (C=O) groups is 1. The monoisotopic (exact) mass is 325 g/mol. The molecule has 2 aromatic carbocycles. The van der Waals surface area contributed by atoms with Crippen molar-refractivity contribution in [2.45, 2.75) is 25.3 Å². The molecule has 1 saturated heterocycles. The van der Waals surface area contributed by atoms with Crippen molar-refractivity contribution in [3.63, 3.8) is 0 Å². The van der Waals surface area contributed by atoms with E-state index in [4.69, 9.17) is 16.2 Å². The van der Waals surface area contributed by atoms with E-state index >= 15 is 0 Å². The molecular formula is C19H23N3O2. The summed E-state index contributed by atoms with van der Waals surface area (Å²) in [6.45, 7) is 1.79. The Morgan fingerprint density at radius 3 is 2.50 bits per heavy atom. The standard InChI is InChI=1S/C19H23N3O2/c20-17-8-5-14(12-18(17)21)19(23)13-3-6-16(7-4-13)24-11-9-15-2-1-10-22-15/h3-8,12,15,22H,1-2,9-11,20-21H2. The van der Waals surface area contributed by atoms with Gasteiger partial charge in [-0.2, -0.15) is 0 Å². The molecule has 0 aliphatic carbocycles. The Labute approximate surface area is 142 Å². The topological polar surface area (TPSA) is 90.4 Å². The highest BCUT2D eigenvalue weighted by molar-refractivity contribution is 6.09. The number of nitrogens with one attached hydrogen (secondary N) is 1. The van der Waals surface area contributed by atoms with Crippen molar-refractivity contribution >= 4 is 17.2 Å². The summed E-state index contributed by atoms with van der Waals surface area (Å²) in [7, 11) is 0. The molecule has 0 saturated carbocycles. The second kappa shape index (κ2) is 7.36. The van der Waals surface area contributed by atoms with Crippen molar-refractivity contribution < 1.29 is 9.53 Å². The lowest BCUT2D eigenvalue weighted by molar-refractivity contribution is 0.103. The van der Waals surface area contributed by atoms with E-state index in [0.717, 1.165) is 18.7 Å². The van der Waals surface area contributed by atoms with Crippen LogP contribution in [0.15, 0.2) is 42.5 Å². The van der Waals surface area contributed by atoms with E-state index in [-0.39, 0.29) is 5.78 Å². The van der Waals surface area contributed by atoms with Crippen LogP contribution >= 0.6 is 0 Å². The van der Waals surface area contributed by atoms with Crippen LogP contribution in [0.4, 0.5) is 11.4 Å². The molecule has 0 spiro atoms. The normalized spacial score (nSPS) is 16.9. The Morgan fingerprint density at radius 1 is 1.08 bits per heavy atom. The van der Waals surface area contributed by atoms with E-state index in [1.807, 2.05) is 12.1 Å². The zero-order valence-corrected chi connectivity index (χ0v) is 13.6. The highest BCUT2D eigenvalue weighted by Gasteiger charge is 2.14. The third-order valence-corrected chi connectivity index (χ3v) is 4.36. The van der Waals surface area contributed by atoms with E-state index < -0.39 is 0 Å². The SMILES string of the molecule is Nc1ccc(C(=O)c2ccc(OCCC3CCCN3)cc2)cc1N. The molecule has 5 N–H and O–H groups in total. The number of nitrogens with two attached hydrogens (primary N) is 2. The molecule has 1 unspecified atom stereocenters. The van der Waals surface area contributed by atoms with Crippen molar-refractivity contribution in [2.24, 2.45) is 0 Å². The average Bonchev–Trinajstić information content (AvgIpc) is 3.11. The van der Waals surface area contributed by atoms with Crippen LogP contribution < -0.4 is 21.5 Å². The fraction of sp³-hybridized carbons (Fsp3) is 0.316. The molecule has 1 aliphatic heterocycles. The highest BCUT2D eigenvalue weighted by Crippen LogP contribution is 2.20. The van der Waals surface area contributed by atoms with E-state index in [1.165, 1.54) is 12.8 Å². The van der Waals surface area contributed by atoms with Crippen molar-refractivity contribution in [3.8, 4) is 5.75 Å². The number of ether oxygens (including phenoxy) is 1. The average molecular weight is 325 g/mol. The first kappa shape index (κ1) is 16.3. The maximum Gasteiger partial charge on any atom is 0.193 e. The summed E-state index contributed by atoms with van der Waals surface area (Å²) in [6, 6.07) is 12.7. The Balaban J connectivity index is 1.58. The van der Waals surface area contributed by atoms with Gasteiger partial charge in [0.2, 0.25) is 0 Å². The number of nitrogen functional groups attached to an aromatic ring is 2. The molecule has 24 heavy (non-hydrogen) atoms. The first-order valence-corrected chi connectivity index (χ1v) is 8.29. The van der Waals surface area contributed by atoms with Gasteiger partial charge in [0.15, 0.2) is 5.78 Å². The molecule has 5 heteroatoms. The number of hydrogen-bond donors (Lipinski definition) is 3. The minimum Gasteiger partial charge on any atom is -0.494 e. The van der Waals surface area contributed by atoms with Gasteiger partial charge in [-0.25, -0.2) is 0 Å². The second-order valence-electron chi connectivity index (χ2n) is 6.13. The Kier molecular flexibility index (Phi) is 5.01. The summed E-state index contributed by atoms with van der Waals surface area (Å²) in [5, 5.41) is 3.45. The van der Waals surface area contributed by atoms with Gasteiger partial charge in [-0.15, -0.1) is 0 Å². The van der Waals surface area contributed by atoms with Crippen molar-refractivity contribution in [3.05, 3.63) is 53.6 Å². The number of rotatable bonds is 6. The molecule has 1 fully saturated rings.